The van der Waals surface area contributed by atoms with Gasteiger partial charge in [-0.2, -0.15) is 0 Å². The van der Waals surface area contributed by atoms with Crippen LogP contribution < -0.4 is 4.74 Å². The molecule has 0 radical (unpaired) electrons. The molecule has 94 valence electrons. The monoisotopic (exact) mass is 312 g/mol. The Labute approximate surface area is 121 Å². The van der Waals surface area contributed by atoms with Gasteiger partial charge in [0.15, 0.2) is 0 Å². The van der Waals surface area contributed by atoms with Crippen LogP contribution in [0.4, 0.5) is 0 Å². The van der Waals surface area contributed by atoms with Crippen LogP contribution in [0, 0.1) is 0 Å². The first kappa shape index (κ1) is 12.2. The van der Waals surface area contributed by atoms with E-state index in [9.17, 15) is 0 Å². The molecule has 0 amide bonds. The summed E-state index contributed by atoms with van der Waals surface area (Å²) in [6, 6.07) is 22.5. The van der Waals surface area contributed by atoms with E-state index in [1.807, 2.05) is 30.3 Å². The Bertz CT molecular complexity index is 689. The van der Waals surface area contributed by atoms with E-state index >= 15 is 0 Å². The van der Waals surface area contributed by atoms with Crippen molar-refractivity contribution < 1.29 is 4.74 Å². The molecule has 1 nitrogen and oxygen atoms in total. The zero-order valence-electron chi connectivity index (χ0n) is 10.3. The molecule has 0 saturated carbocycles. The van der Waals surface area contributed by atoms with E-state index in [0.29, 0.717) is 0 Å². The molecule has 19 heavy (non-hydrogen) atoms. The molecule has 0 spiro atoms. The van der Waals surface area contributed by atoms with E-state index in [1.165, 1.54) is 16.3 Å². The van der Waals surface area contributed by atoms with Gasteiger partial charge in [0.05, 0.1) is 0 Å². The second-order valence-corrected chi connectivity index (χ2v) is 4.95. The maximum Gasteiger partial charge on any atom is 0.128 e. The van der Waals surface area contributed by atoms with Gasteiger partial charge in [-0.3, -0.25) is 0 Å². The van der Waals surface area contributed by atoms with Crippen LogP contribution in [0.15, 0.2) is 66.7 Å². The molecule has 0 atom stereocenters. The van der Waals surface area contributed by atoms with E-state index in [0.717, 1.165) is 16.8 Å². The second-order valence-electron chi connectivity index (χ2n) is 4.39. The number of hydrogen-bond donors (Lipinski definition) is 0. The summed E-state index contributed by atoms with van der Waals surface area (Å²) in [7, 11) is 0. The number of rotatable bonds is 3. The van der Waals surface area contributed by atoms with Crippen LogP contribution in [0.2, 0.25) is 0 Å². The summed E-state index contributed by atoms with van der Waals surface area (Å²) in [5.74, 6) is 1.73. The lowest BCUT2D eigenvalue weighted by molar-refractivity contribution is 0.483. The fraction of sp³-hybridized carbons (Fsp3) is 0.0588. The van der Waals surface area contributed by atoms with E-state index in [1.54, 1.807) is 0 Å². The summed E-state index contributed by atoms with van der Waals surface area (Å²) in [4.78, 5) is 0. The Morgan fingerprint density at radius 3 is 2.16 bits per heavy atom. The first-order valence-corrected chi connectivity index (χ1v) is 7.29. The molecule has 0 unspecified atom stereocenters. The van der Waals surface area contributed by atoms with Crippen molar-refractivity contribution in [3.8, 4) is 11.5 Å². The van der Waals surface area contributed by atoms with Crippen LogP contribution in [0.1, 0.15) is 5.56 Å². The first-order chi connectivity index (χ1) is 9.35. The number of ether oxygens (including phenoxy) is 1. The lowest BCUT2D eigenvalue weighted by Crippen LogP contribution is -1.85. The van der Waals surface area contributed by atoms with Crippen LogP contribution in [0.3, 0.4) is 0 Å². The molecule has 2 heteroatoms. The van der Waals surface area contributed by atoms with E-state index in [-0.39, 0.29) is 0 Å². The molecule has 0 heterocycles. The highest BCUT2D eigenvalue weighted by Crippen LogP contribution is 2.26. The van der Waals surface area contributed by atoms with Gasteiger partial charge in [-0.25, -0.2) is 0 Å². The molecule has 0 aliphatic heterocycles. The van der Waals surface area contributed by atoms with Crippen molar-refractivity contribution in [3.05, 3.63) is 72.3 Å². The van der Waals surface area contributed by atoms with Crippen molar-refractivity contribution in [2.24, 2.45) is 0 Å². The maximum atomic E-state index is 5.87. The molecule has 0 bridgehead atoms. The lowest BCUT2D eigenvalue weighted by Gasteiger charge is -2.07. The quantitative estimate of drug-likeness (QED) is 0.578. The summed E-state index contributed by atoms with van der Waals surface area (Å²) in [5, 5.41) is 3.28. The molecule has 3 rings (SSSR count). The van der Waals surface area contributed by atoms with Gasteiger partial charge in [0.1, 0.15) is 11.5 Å². The summed E-state index contributed by atoms with van der Waals surface area (Å²) in [6.45, 7) is 0. The van der Waals surface area contributed by atoms with Crippen molar-refractivity contribution in [3.63, 3.8) is 0 Å². The molecular weight excluding hydrogens is 300 g/mol. The van der Waals surface area contributed by atoms with Crippen molar-refractivity contribution in [2.75, 3.05) is 0 Å². The van der Waals surface area contributed by atoms with Crippen LogP contribution in [-0.4, -0.2) is 0 Å². The average molecular weight is 313 g/mol. The Hall–Kier alpha value is -1.80. The van der Waals surface area contributed by atoms with Crippen LogP contribution in [0.25, 0.3) is 10.8 Å². The fourth-order valence-corrected chi connectivity index (χ4v) is 2.39. The maximum absolute atomic E-state index is 5.87. The first-order valence-electron chi connectivity index (χ1n) is 6.17. The number of hydrogen-bond acceptors (Lipinski definition) is 1. The van der Waals surface area contributed by atoms with Gasteiger partial charge < -0.3 is 4.74 Å². The standard InChI is InChI=1S/C17H13BrO/c18-12-13-5-8-16(9-6-13)19-17-10-7-14-3-1-2-4-15(14)11-17/h1-11H,12H2. The van der Waals surface area contributed by atoms with Crippen molar-refractivity contribution in [1.82, 2.24) is 0 Å². The third kappa shape index (κ3) is 2.79. The predicted molar refractivity (Wildman–Crippen MR) is 83.1 cm³/mol. The normalized spacial score (nSPS) is 10.6. The van der Waals surface area contributed by atoms with Gasteiger partial charge in [-0.1, -0.05) is 58.4 Å². The number of alkyl halides is 1. The lowest BCUT2D eigenvalue weighted by atomic mass is 10.1. The largest absolute Gasteiger partial charge is 0.457 e. The number of benzene rings is 3. The Kier molecular flexibility index (Phi) is 3.51. The topological polar surface area (TPSA) is 9.23 Å². The molecule has 0 aliphatic carbocycles. The van der Waals surface area contributed by atoms with Gasteiger partial charge >= 0.3 is 0 Å². The Morgan fingerprint density at radius 2 is 1.42 bits per heavy atom. The molecule has 3 aromatic carbocycles. The third-order valence-corrected chi connectivity index (χ3v) is 3.68. The molecule has 3 aromatic rings. The van der Waals surface area contributed by atoms with Gasteiger partial charge in [-0.15, -0.1) is 0 Å². The number of fused-ring (bicyclic) bond motifs is 1. The van der Waals surface area contributed by atoms with E-state index < -0.39 is 0 Å². The van der Waals surface area contributed by atoms with Gasteiger partial charge in [0.25, 0.3) is 0 Å². The SMILES string of the molecule is BrCc1ccc(Oc2ccc3ccccc3c2)cc1. The highest BCUT2D eigenvalue weighted by Gasteiger charge is 1.99. The smallest absolute Gasteiger partial charge is 0.128 e. The summed E-state index contributed by atoms with van der Waals surface area (Å²) < 4.78 is 5.87. The minimum absolute atomic E-state index is 0.861. The highest BCUT2D eigenvalue weighted by molar-refractivity contribution is 9.08. The highest BCUT2D eigenvalue weighted by atomic mass is 79.9. The Balaban J connectivity index is 1.87. The van der Waals surface area contributed by atoms with Crippen LogP contribution in [0.5, 0.6) is 11.5 Å². The molecule has 0 aliphatic rings. The number of halogens is 1. The molecule has 0 N–H and O–H groups in total. The van der Waals surface area contributed by atoms with Crippen molar-refractivity contribution in [1.29, 1.82) is 0 Å². The van der Waals surface area contributed by atoms with Gasteiger partial charge in [-0.05, 0) is 40.6 Å². The average Bonchev–Trinajstić information content (AvgIpc) is 2.48. The molecule has 0 saturated heterocycles. The predicted octanol–water partition coefficient (Wildman–Crippen LogP) is 5.53. The Morgan fingerprint density at radius 1 is 0.737 bits per heavy atom. The van der Waals surface area contributed by atoms with Crippen LogP contribution >= 0.6 is 15.9 Å². The summed E-state index contributed by atoms with van der Waals surface area (Å²) in [5.41, 5.74) is 1.24. The van der Waals surface area contributed by atoms with E-state index in [2.05, 4.69) is 52.3 Å². The second kappa shape index (κ2) is 5.45. The van der Waals surface area contributed by atoms with Gasteiger partial charge in [0.2, 0.25) is 0 Å². The third-order valence-electron chi connectivity index (χ3n) is 3.03. The molecule has 0 aromatic heterocycles. The zero-order valence-corrected chi connectivity index (χ0v) is 11.9. The van der Waals surface area contributed by atoms with Crippen LogP contribution in [-0.2, 0) is 5.33 Å². The van der Waals surface area contributed by atoms with Crippen molar-refractivity contribution >= 4 is 26.7 Å². The minimum atomic E-state index is 0.861. The van der Waals surface area contributed by atoms with Gasteiger partial charge in [0, 0.05) is 5.33 Å². The minimum Gasteiger partial charge on any atom is -0.457 e. The fourth-order valence-electron chi connectivity index (χ4n) is 2.01. The summed E-state index contributed by atoms with van der Waals surface area (Å²) >= 11 is 3.44. The summed E-state index contributed by atoms with van der Waals surface area (Å²) in [6.07, 6.45) is 0. The van der Waals surface area contributed by atoms with Crippen molar-refractivity contribution in [2.45, 2.75) is 5.33 Å². The molecule has 0 fully saturated rings. The zero-order chi connectivity index (χ0) is 13.1. The molecular formula is C17H13BrO. The van der Waals surface area contributed by atoms with E-state index in [4.69, 9.17) is 4.74 Å².